The highest BCUT2D eigenvalue weighted by atomic mass is 16.5. The lowest BCUT2D eigenvalue weighted by Crippen LogP contribution is -2.34. The molecule has 2 aromatic carbocycles. The van der Waals surface area contributed by atoms with Crippen LogP contribution in [0.25, 0.3) is 0 Å². The van der Waals surface area contributed by atoms with Crippen molar-refractivity contribution < 1.29 is 19.1 Å². The highest BCUT2D eigenvalue weighted by Crippen LogP contribution is 2.11. The molecule has 0 saturated carbocycles. The minimum atomic E-state index is -0.811. The largest absolute Gasteiger partial charge is 0.469 e. The van der Waals surface area contributed by atoms with Crippen LogP contribution in [0.15, 0.2) is 48.5 Å². The highest BCUT2D eigenvalue weighted by Gasteiger charge is 2.14. The number of amides is 2. The fourth-order valence-electron chi connectivity index (χ4n) is 2.15. The molecule has 0 radical (unpaired) electrons. The number of carbonyl (C=O) groups is 3. The van der Waals surface area contributed by atoms with Gasteiger partial charge < -0.3 is 15.4 Å². The first-order valence-corrected chi connectivity index (χ1v) is 7.76. The number of ether oxygens (including phenoxy) is 1. The normalized spacial score (nSPS) is 9.69. The molecular formula is C19H17N3O4. The van der Waals surface area contributed by atoms with Gasteiger partial charge in [0.05, 0.1) is 25.2 Å². The SMILES string of the molecule is COC(=O)Cc1cccc(NC(=O)C(=O)NCc2ccc(C#N)cc2)c1. The molecule has 2 rings (SSSR count). The molecule has 2 aromatic rings. The van der Waals surface area contributed by atoms with Gasteiger partial charge in [-0.1, -0.05) is 24.3 Å². The second-order valence-corrected chi connectivity index (χ2v) is 5.40. The van der Waals surface area contributed by atoms with E-state index in [0.29, 0.717) is 16.8 Å². The van der Waals surface area contributed by atoms with Crippen molar-refractivity contribution in [2.75, 3.05) is 12.4 Å². The Morgan fingerprint density at radius 2 is 1.77 bits per heavy atom. The number of nitrogens with zero attached hydrogens (tertiary/aromatic N) is 1. The molecule has 0 saturated heterocycles. The number of rotatable bonds is 5. The summed E-state index contributed by atoms with van der Waals surface area (Å²) in [6.45, 7) is 0.167. The van der Waals surface area contributed by atoms with E-state index in [-0.39, 0.29) is 13.0 Å². The van der Waals surface area contributed by atoms with Gasteiger partial charge in [0.1, 0.15) is 0 Å². The van der Waals surface area contributed by atoms with E-state index in [4.69, 9.17) is 5.26 Å². The maximum Gasteiger partial charge on any atom is 0.313 e. The maximum atomic E-state index is 12.0. The van der Waals surface area contributed by atoms with Crippen molar-refractivity contribution in [3.63, 3.8) is 0 Å². The summed E-state index contributed by atoms with van der Waals surface area (Å²) in [4.78, 5) is 35.2. The van der Waals surface area contributed by atoms with Gasteiger partial charge in [0.15, 0.2) is 0 Å². The molecule has 2 N–H and O–H groups in total. The molecule has 0 spiro atoms. The molecule has 7 heteroatoms. The molecule has 0 fully saturated rings. The lowest BCUT2D eigenvalue weighted by molar-refractivity contribution is -0.139. The first kappa shape index (κ1) is 18.7. The van der Waals surface area contributed by atoms with Gasteiger partial charge in [-0.15, -0.1) is 0 Å². The zero-order chi connectivity index (χ0) is 18.9. The fourth-order valence-corrected chi connectivity index (χ4v) is 2.15. The second kappa shape index (κ2) is 8.99. The van der Waals surface area contributed by atoms with Crippen molar-refractivity contribution in [3.8, 4) is 6.07 Å². The van der Waals surface area contributed by atoms with Crippen molar-refractivity contribution >= 4 is 23.5 Å². The Balaban J connectivity index is 1.90. The Morgan fingerprint density at radius 3 is 2.42 bits per heavy atom. The van der Waals surface area contributed by atoms with Crippen molar-refractivity contribution in [2.45, 2.75) is 13.0 Å². The van der Waals surface area contributed by atoms with Crippen LogP contribution < -0.4 is 10.6 Å². The molecule has 0 aliphatic carbocycles. The van der Waals surface area contributed by atoms with Gasteiger partial charge in [-0.2, -0.15) is 5.26 Å². The van der Waals surface area contributed by atoms with E-state index in [0.717, 1.165) is 5.56 Å². The zero-order valence-corrected chi connectivity index (χ0v) is 14.1. The fraction of sp³-hybridized carbons (Fsp3) is 0.158. The predicted molar refractivity (Wildman–Crippen MR) is 93.8 cm³/mol. The Morgan fingerprint density at radius 1 is 1.04 bits per heavy atom. The molecule has 7 nitrogen and oxygen atoms in total. The van der Waals surface area contributed by atoms with E-state index in [9.17, 15) is 14.4 Å². The van der Waals surface area contributed by atoms with Gasteiger partial charge in [0.25, 0.3) is 0 Å². The van der Waals surface area contributed by atoms with Crippen LogP contribution in [0.1, 0.15) is 16.7 Å². The van der Waals surface area contributed by atoms with E-state index in [1.54, 1.807) is 48.5 Å². The van der Waals surface area contributed by atoms with Gasteiger partial charge in [0.2, 0.25) is 0 Å². The Bertz CT molecular complexity index is 854. The van der Waals surface area contributed by atoms with E-state index in [1.165, 1.54) is 7.11 Å². The van der Waals surface area contributed by atoms with E-state index in [1.807, 2.05) is 6.07 Å². The van der Waals surface area contributed by atoms with Crippen LogP contribution in [0.5, 0.6) is 0 Å². The topological polar surface area (TPSA) is 108 Å². The Labute approximate surface area is 150 Å². The maximum absolute atomic E-state index is 12.0. The number of benzene rings is 2. The number of nitrogens with one attached hydrogen (secondary N) is 2. The predicted octanol–water partition coefficient (Wildman–Crippen LogP) is 1.53. The average molecular weight is 351 g/mol. The van der Waals surface area contributed by atoms with Crippen molar-refractivity contribution in [1.29, 1.82) is 5.26 Å². The molecule has 0 heterocycles. The lowest BCUT2D eigenvalue weighted by atomic mass is 10.1. The van der Waals surface area contributed by atoms with Crippen LogP contribution in [0, 0.1) is 11.3 Å². The molecule has 0 bridgehead atoms. The molecule has 2 amide bonds. The van der Waals surface area contributed by atoms with Crippen LogP contribution in [-0.2, 0) is 32.1 Å². The summed E-state index contributed by atoms with van der Waals surface area (Å²) in [6, 6.07) is 15.3. The number of carbonyl (C=O) groups excluding carboxylic acids is 3. The van der Waals surface area contributed by atoms with Crippen LogP contribution in [0.4, 0.5) is 5.69 Å². The van der Waals surface area contributed by atoms with Gasteiger partial charge >= 0.3 is 17.8 Å². The standard InChI is InChI=1S/C19H17N3O4/c1-26-17(23)10-15-3-2-4-16(9-15)22-19(25)18(24)21-12-14-7-5-13(11-20)6-8-14/h2-9H,10,12H2,1H3,(H,21,24)(H,22,25). The molecule has 0 atom stereocenters. The molecular weight excluding hydrogens is 334 g/mol. The molecule has 0 aliphatic rings. The summed E-state index contributed by atoms with van der Waals surface area (Å²) < 4.78 is 4.59. The number of esters is 1. The van der Waals surface area contributed by atoms with Crippen molar-refractivity contribution in [3.05, 3.63) is 65.2 Å². The molecule has 26 heavy (non-hydrogen) atoms. The summed E-state index contributed by atoms with van der Waals surface area (Å²) in [5.74, 6) is -1.99. The minimum Gasteiger partial charge on any atom is -0.469 e. The number of hydrogen-bond donors (Lipinski definition) is 2. The molecule has 0 aromatic heterocycles. The van der Waals surface area contributed by atoms with Crippen LogP contribution >= 0.6 is 0 Å². The number of methoxy groups -OCH3 is 1. The van der Waals surface area contributed by atoms with Gasteiger partial charge in [-0.3, -0.25) is 14.4 Å². The molecule has 0 aliphatic heterocycles. The summed E-state index contributed by atoms with van der Waals surface area (Å²) >= 11 is 0. The monoisotopic (exact) mass is 351 g/mol. The zero-order valence-electron chi connectivity index (χ0n) is 14.1. The second-order valence-electron chi connectivity index (χ2n) is 5.40. The van der Waals surface area contributed by atoms with Gasteiger partial charge in [0, 0.05) is 12.2 Å². The first-order valence-electron chi connectivity index (χ1n) is 7.76. The van der Waals surface area contributed by atoms with E-state index in [2.05, 4.69) is 15.4 Å². The Hall–Kier alpha value is -3.66. The summed E-state index contributed by atoms with van der Waals surface area (Å²) in [5.41, 5.74) is 2.35. The first-order chi connectivity index (χ1) is 12.5. The number of nitriles is 1. The summed E-state index contributed by atoms with van der Waals surface area (Å²) in [7, 11) is 1.30. The quantitative estimate of drug-likeness (QED) is 0.627. The molecule has 0 unspecified atom stereocenters. The third-order valence-corrected chi connectivity index (χ3v) is 3.50. The minimum absolute atomic E-state index is 0.0745. The lowest BCUT2D eigenvalue weighted by Gasteiger charge is -2.08. The smallest absolute Gasteiger partial charge is 0.313 e. The third-order valence-electron chi connectivity index (χ3n) is 3.50. The molecule has 132 valence electrons. The third kappa shape index (κ3) is 5.46. The van der Waals surface area contributed by atoms with Crippen LogP contribution in [0.2, 0.25) is 0 Å². The number of anilines is 1. The van der Waals surface area contributed by atoms with E-state index >= 15 is 0 Å². The van der Waals surface area contributed by atoms with Gasteiger partial charge in [-0.25, -0.2) is 0 Å². The highest BCUT2D eigenvalue weighted by molar-refractivity contribution is 6.39. The summed E-state index contributed by atoms with van der Waals surface area (Å²) in [6.07, 6.45) is 0.0745. The van der Waals surface area contributed by atoms with Crippen LogP contribution in [-0.4, -0.2) is 24.9 Å². The van der Waals surface area contributed by atoms with Crippen molar-refractivity contribution in [2.24, 2.45) is 0 Å². The Kier molecular flexibility index (Phi) is 6.46. The van der Waals surface area contributed by atoms with Crippen molar-refractivity contribution in [1.82, 2.24) is 5.32 Å². The van der Waals surface area contributed by atoms with Gasteiger partial charge in [-0.05, 0) is 35.4 Å². The van der Waals surface area contributed by atoms with E-state index < -0.39 is 17.8 Å². The van der Waals surface area contributed by atoms with Crippen LogP contribution in [0.3, 0.4) is 0 Å². The average Bonchev–Trinajstić information content (AvgIpc) is 2.66. The number of hydrogen-bond acceptors (Lipinski definition) is 5. The summed E-state index contributed by atoms with van der Waals surface area (Å²) in [5, 5.41) is 13.7.